The maximum absolute atomic E-state index is 12.4. The van der Waals surface area contributed by atoms with Crippen LogP contribution >= 0.6 is 18.7 Å². The highest BCUT2D eigenvalue weighted by Crippen LogP contribution is 2.39. The molecule has 7 nitrogen and oxygen atoms in total. The highest BCUT2D eigenvalue weighted by molar-refractivity contribution is 7.62. The minimum absolute atomic E-state index is 0.362. The Hall–Kier alpha value is -2.60. The van der Waals surface area contributed by atoms with Crippen LogP contribution < -0.4 is 15.4 Å². The molecule has 2 heterocycles. The average molecular weight is 516 g/mol. The first-order valence-electron chi connectivity index (χ1n) is 11.6. The number of hydrogen-bond acceptors (Lipinski definition) is 7. The van der Waals surface area contributed by atoms with Crippen LogP contribution in [0, 0.1) is 0 Å². The smallest absolute Gasteiger partial charge is 0.229 e. The standard InChI is InChI=1S/C26H35ClN5O2P/c1-6-7-8-9-21(18-35(4,5)33)29-25-22(27)17-28-26(31-25)30-23-11-10-20(16-24(23)34-3)19-12-14-32(2)15-13-19/h6-11,16-17,19H,1,12-15,18H2,2-5H3,(H2,28,29,30,31)/b8-7-,21-9+. The van der Waals surface area contributed by atoms with Crippen molar-refractivity contribution in [3.63, 3.8) is 0 Å². The molecule has 9 heteroatoms. The maximum Gasteiger partial charge on any atom is 0.229 e. The van der Waals surface area contributed by atoms with Crippen molar-refractivity contribution < 1.29 is 9.30 Å². The van der Waals surface area contributed by atoms with Gasteiger partial charge in [-0.15, -0.1) is 0 Å². The molecule has 0 aliphatic carbocycles. The van der Waals surface area contributed by atoms with Gasteiger partial charge in [0, 0.05) is 11.9 Å². The van der Waals surface area contributed by atoms with Gasteiger partial charge < -0.3 is 24.8 Å². The third-order valence-electron chi connectivity index (χ3n) is 5.78. The summed E-state index contributed by atoms with van der Waals surface area (Å²) in [5.74, 6) is 2.07. The number of allylic oxidation sites excluding steroid dienone is 5. The van der Waals surface area contributed by atoms with Crippen LogP contribution in [0.2, 0.25) is 5.02 Å². The Morgan fingerprint density at radius 3 is 2.71 bits per heavy atom. The van der Waals surface area contributed by atoms with E-state index in [0.717, 1.165) is 43.1 Å². The van der Waals surface area contributed by atoms with E-state index in [2.05, 4.69) is 51.3 Å². The van der Waals surface area contributed by atoms with E-state index in [0.29, 0.717) is 28.9 Å². The van der Waals surface area contributed by atoms with Crippen molar-refractivity contribution >= 4 is 36.2 Å². The lowest BCUT2D eigenvalue weighted by molar-refractivity contribution is 0.255. The van der Waals surface area contributed by atoms with E-state index in [-0.39, 0.29) is 0 Å². The number of aromatic nitrogens is 2. The van der Waals surface area contributed by atoms with E-state index >= 15 is 0 Å². The van der Waals surface area contributed by atoms with Crippen molar-refractivity contribution in [2.45, 2.75) is 18.8 Å². The zero-order chi connectivity index (χ0) is 25.4. The highest BCUT2D eigenvalue weighted by atomic mass is 35.5. The Balaban J connectivity index is 1.81. The molecule has 2 N–H and O–H groups in total. The van der Waals surface area contributed by atoms with Crippen LogP contribution in [0.3, 0.4) is 0 Å². The lowest BCUT2D eigenvalue weighted by Gasteiger charge is -2.29. The number of ether oxygens (including phenoxy) is 1. The van der Waals surface area contributed by atoms with Crippen LogP contribution in [0.5, 0.6) is 5.75 Å². The summed E-state index contributed by atoms with van der Waals surface area (Å²) in [5, 5.41) is 6.83. The molecule has 0 amide bonds. The first kappa shape index (κ1) is 27.0. The minimum Gasteiger partial charge on any atom is -0.495 e. The van der Waals surface area contributed by atoms with Gasteiger partial charge >= 0.3 is 0 Å². The molecule has 1 aliphatic heterocycles. The van der Waals surface area contributed by atoms with Gasteiger partial charge in [-0.05, 0) is 76.0 Å². The molecule has 35 heavy (non-hydrogen) atoms. The molecular formula is C26H35ClN5O2P. The summed E-state index contributed by atoms with van der Waals surface area (Å²) in [6.45, 7) is 9.38. The Morgan fingerprint density at radius 1 is 1.31 bits per heavy atom. The van der Waals surface area contributed by atoms with E-state index in [4.69, 9.17) is 16.3 Å². The Morgan fingerprint density at radius 2 is 2.06 bits per heavy atom. The van der Waals surface area contributed by atoms with Gasteiger partial charge in [0.05, 0.1) is 26.1 Å². The predicted molar refractivity (Wildman–Crippen MR) is 148 cm³/mol. The topological polar surface area (TPSA) is 79.4 Å². The number of halogens is 1. The molecule has 0 spiro atoms. The van der Waals surface area contributed by atoms with Gasteiger partial charge in [-0.3, -0.25) is 0 Å². The van der Waals surface area contributed by atoms with Crippen molar-refractivity contribution in [2.24, 2.45) is 0 Å². The molecular weight excluding hydrogens is 481 g/mol. The van der Waals surface area contributed by atoms with Crippen LogP contribution in [0.4, 0.5) is 17.5 Å². The molecule has 0 unspecified atom stereocenters. The van der Waals surface area contributed by atoms with Gasteiger partial charge in [0.15, 0.2) is 5.82 Å². The third kappa shape index (κ3) is 8.24. The summed E-state index contributed by atoms with van der Waals surface area (Å²) in [4.78, 5) is 11.3. The molecule has 1 aromatic heterocycles. The normalized spacial score (nSPS) is 15.9. The number of nitrogens with one attached hydrogen (secondary N) is 2. The van der Waals surface area contributed by atoms with Crippen molar-refractivity contribution in [3.05, 3.63) is 71.6 Å². The van der Waals surface area contributed by atoms with Crippen LogP contribution in [-0.2, 0) is 4.57 Å². The second-order valence-corrected chi connectivity index (χ2v) is 13.1. The monoisotopic (exact) mass is 515 g/mol. The molecule has 0 radical (unpaired) electrons. The molecule has 3 rings (SSSR count). The van der Waals surface area contributed by atoms with Gasteiger partial charge in [0.1, 0.15) is 10.8 Å². The van der Waals surface area contributed by atoms with E-state index in [1.807, 2.05) is 18.2 Å². The van der Waals surface area contributed by atoms with Gasteiger partial charge in [-0.25, -0.2) is 4.98 Å². The first-order valence-corrected chi connectivity index (χ1v) is 14.8. The fraction of sp³-hybridized carbons (Fsp3) is 0.385. The van der Waals surface area contributed by atoms with Gasteiger partial charge in [0.2, 0.25) is 5.95 Å². The quantitative estimate of drug-likeness (QED) is 0.282. The second kappa shape index (κ2) is 12.4. The molecule has 0 atom stereocenters. The van der Waals surface area contributed by atoms with Crippen molar-refractivity contribution in [1.29, 1.82) is 0 Å². The molecule has 0 saturated carbocycles. The SMILES string of the molecule is C=C/C=C\C=C(/CP(C)(C)=O)Nc1nc(Nc2ccc(C3CCN(C)CC3)cc2OC)ncc1Cl. The zero-order valence-electron chi connectivity index (χ0n) is 20.9. The molecule has 0 bridgehead atoms. The summed E-state index contributed by atoms with van der Waals surface area (Å²) >= 11 is 6.38. The minimum atomic E-state index is -2.33. The number of piperidine rings is 1. The van der Waals surface area contributed by atoms with Crippen molar-refractivity contribution in [3.8, 4) is 5.75 Å². The lowest BCUT2D eigenvalue weighted by Crippen LogP contribution is -2.29. The summed E-state index contributed by atoms with van der Waals surface area (Å²) in [6.07, 6.45) is 11.3. The number of rotatable bonds is 10. The molecule has 1 saturated heterocycles. The van der Waals surface area contributed by atoms with Gasteiger partial charge in [-0.2, -0.15) is 4.98 Å². The summed E-state index contributed by atoms with van der Waals surface area (Å²) in [5.41, 5.74) is 2.79. The van der Waals surface area contributed by atoms with E-state index in [1.165, 1.54) is 11.8 Å². The zero-order valence-corrected chi connectivity index (χ0v) is 22.6. The predicted octanol–water partition coefficient (Wildman–Crippen LogP) is 6.35. The third-order valence-corrected chi connectivity index (χ3v) is 7.16. The number of nitrogens with zero attached hydrogens (tertiary/aromatic N) is 3. The summed E-state index contributed by atoms with van der Waals surface area (Å²) < 4.78 is 18.1. The molecule has 2 aromatic rings. The largest absolute Gasteiger partial charge is 0.495 e. The molecule has 1 aromatic carbocycles. The number of likely N-dealkylation sites (tertiary alicyclic amines) is 1. The molecule has 1 aliphatic rings. The van der Waals surface area contributed by atoms with Crippen LogP contribution in [0.25, 0.3) is 0 Å². The molecule has 1 fully saturated rings. The summed E-state index contributed by atoms with van der Waals surface area (Å²) in [6, 6.07) is 6.25. The lowest BCUT2D eigenvalue weighted by atomic mass is 9.89. The van der Waals surface area contributed by atoms with Crippen LogP contribution in [0.15, 0.2) is 61.0 Å². The number of hydrogen-bond donors (Lipinski definition) is 2. The number of methoxy groups -OCH3 is 1. The Labute approximate surface area is 213 Å². The van der Waals surface area contributed by atoms with Crippen LogP contribution in [0.1, 0.15) is 24.3 Å². The fourth-order valence-corrected chi connectivity index (χ4v) is 5.13. The fourth-order valence-electron chi connectivity index (χ4n) is 3.99. The Bertz CT molecular complexity index is 1140. The van der Waals surface area contributed by atoms with E-state index in [9.17, 15) is 4.57 Å². The second-order valence-electron chi connectivity index (χ2n) is 9.22. The van der Waals surface area contributed by atoms with E-state index < -0.39 is 7.14 Å². The van der Waals surface area contributed by atoms with E-state index in [1.54, 1.807) is 32.6 Å². The van der Waals surface area contributed by atoms with Crippen LogP contribution in [-0.4, -0.2) is 61.6 Å². The first-order chi connectivity index (χ1) is 16.7. The Kier molecular flexibility index (Phi) is 9.55. The average Bonchev–Trinajstić information content (AvgIpc) is 2.81. The maximum atomic E-state index is 12.4. The summed E-state index contributed by atoms with van der Waals surface area (Å²) in [7, 11) is 1.50. The van der Waals surface area contributed by atoms with Gasteiger partial charge in [0.25, 0.3) is 0 Å². The van der Waals surface area contributed by atoms with Gasteiger partial charge in [-0.1, -0.05) is 42.5 Å². The highest BCUT2D eigenvalue weighted by Gasteiger charge is 2.20. The molecule has 188 valence electrons. The number of anilines is 3. The van der Waals surface area contributed by atoms with Crippen molar-refractivity contribution in [2.75, 3.05) is 57.4 Å². The van der Waals surface area contributed by atoms with Crippen molar-refractivity contribution in [1.82, 2.24) is 14.9 Å². The number of benzene rings is 1.